The van der Waals surface area contributed by atoms with E-state index < -0.39 is 10.7 Å². The highest BCUT2D eigenvalue weighted by Crippen LogP contribution is 2.29. The van der Waals surface area contributed by atoms with Crippen molar-refractivity contribution >= 4 is 11.4 Å². The van der Waals surface area contributed by atoms with Crippen LogP contribution in [0.4, 0.5) is 15.8 Å². The summed E-state index contributed by atoms with van der Waals surface area (Å²) in [5, 5.41) is 14.7. The molecule has 1 aromatic carbocycles. The van der Waals surface area contributed by atoms with Crippen molar-refractivity contribution in [2.75, 3.05) is 18.0 Å². The number of rotatable bonds is 3. The Balaban J connectivity index is 1.71. The second-order valence-corrected chi connectivity index (χ2v) is 4.99. The van der Waals surface area contributed by atoms with E-state index in [0.29, 0.717) is 18.8 Å². The molecule has 0 saturated carbocycles. The van der Waals surface area contributed by atoms with Gasteiger partial charge in [-0.25, -0.2) is 14.1 Å². The van der Waals surface area contributed by atoms with Crippen LogP contribution in [-0.4, -0.2) is 32.8 Å². The Hall–Kier alpha value is -2.51. The van der Waals surface area contributed by atoms with E-state index >= 15 is 0 Å². The summed E-state index contributed by atoms with van der Waals surface area (Å²) < 4.78 is 15.8. The van der Waals surface area contributed by atoms with Crippen LogP contribution >= 0.6 is 0 Å². The number of nitro groups is 1. The molecule has 0 bridgehead atoms. The summed E-state index contributed by atoms with van der Waals surface area (Å²) in [6.07, 6.45) is 4.86. The average molecular weight is 291 g/mol. The Kier molecular flexibility index (Phi) is 3.51. The predicted octanol–water partition coefficient (Wildman–Crippen LogP) is 2.17. The molecule has 1 aliphatic rings. The highest BCUT2D eigenvalue weighted by molar-refractivity contribution is 5.52. The molecule has 1 aromatic heterocycles. The number of nitrogens with zero attached hydrogens (tertiary/aromatic N) is 5. The molecule has 0 unspecified atom stereocenters. The molecule has 0 amide bonds. The van der Waals surface area contributed by atoms with Crippen LogP contribution in [0.5, 0.6) is 0 Å². The number of hydrogen-bond donors (Lipinski definition) is 0. The average Bonchev–Trinajstić information content (AvgIpc) is 3.01. The number of anilines is 1. The molecule has 0 atom stereocenters. The van der Waals surface area contributed by atoms with Crippen LogP contribution in [0.3, 0.4) is 0 Å². The molecule has 7 nitrogen and oxygen atoms in total. The Morgan fingerprint density at radius 3 is 2.67 bits per heavy atom. The third kappa shape index (κ3) is 2.69. The van der Waals surface area contributed by atoms with E-state index in [-0.39, 0.29) is 11.7 Å². The highest BCUT2D eigenvalue weighted by atomic mass is 19.1. The third-order valence-electron chi connectivity index (χ3n) is 3.76. The molecule has 0 radical (unpaired) electrons. The van der Waals surface area contributed by atoms with Crippen LogP contribution in [-0.2, 0) is 0 Å². The molecule has 1 saturated heterocycles. The minimum absolute atomic E-state index is 0.228. The van der Waals surface area contributed by atoms with E-state index in [4.69, 9.17) is 0 Å². The zero-order valence-corrected chi connectivity index (χ0v) is 11.2. The first-order valence-corrected chi connectivity index (χ1v) is 6.68. The molecule has 8 heteroatoms. The normalized spacial score (nSPS) is 16.1. The van der Waals surface area contributed by atoms with Crippen molar-refractivity contribution in [3.05, 3.63) is 46.8 Å². The van der Waals surface area contributed by atoms with Gasteiger partial charge in [0.25, 0.3) is 5.69 Å². The predicted molar refractivity (Wildman–Crippen MR) is 73.6 cm³/mol. The summed E-state index contributed by atoms with van der Waals surface area (Å²) in [5.41, 5.74) is 0.186. The largest absolute Gasteiger partial charge is 0.369 e. The maximum absolute atomic E-state index is 14.0. The van der Waals surface area contributed by atoms with E-state index in [0.717, 1.165) is 18.9 Å². The van der Waals surface area contributed by atoms with Crippen LogP contribution in [0, 0.1) is 15.9 Å². The summed E-state index contributed by atoms with van der Waals surface area (Å²) in [5.74, 6) is -0.552. The lowest BCUT2D eigenvalue weighted by atomic mass is 10.0. The van der Waals surface area contributed by atoms with Gasteiger partial charge in [0.15, 0.2) is 5.82 Å². The standard InChI is InChI=1S/C13H14FN5O2/c14-12-7-11(19(20)21)1-2-13(12)17-5-3-10(4-6-17)18-9-15-8-16-18/h1-2,7-10H,3-6H2. The van der Waals surface area contributed by atoms with E-state index in [2.05, 4.69) is 10.1 Å². The van der Waals surface area contributed by atoms with E-state index in [1.807, 2.05) is 9.58 Å². The van der Waals surface area contributed by atoms with Crippen molar-refractivity contribution in [3.8, 4) is 0 Å². The monoisotopic (exact) mass is 291 g/mol. The van der Waals surface area contributed by atoms with Gasteiger partial charge in [-0.1, -0.05) is 0 Å². The molecular formula is C13H14FN5O2. The lowest BCUT2D eigenvalue weighted by Crippen LogP contribution is -2.35. The Morgan fingerprint density at radius 1 is 1.33 bits per heavy atom. The summed E-state index contributed by atoms with van der Waals surface area (Å²) in [6, 6.07) is 4.05. The Morgan fingerprint density at radius 2 is 2.10 bits per heavy atom. The Bertz CT molecular complexity index is 638. The van der Waals surface area contributed by atoms with Gasteiger partial charge in [-0.3, -0.25) is 10.1 Å². The number of piperidine rings is 1. The second kappa shape index (κ2) is 5.47. The van der Waals surface area contributed by atoms with Crippen LogP contribution in [0.2, 0.25) is 0 Å². The van der Waals surface area contributed by atoms with E-state index in [9.17, 15) is 14.5 Å². The summed E-state index contributed by atoms with van der Waals surface area (Å²) in [7, 11) is 0. The molecule has 110 valence electrons. The second-order valence-electron chi connectivity index (χ2n) is 4.99. The molecule has 21 heavy (non-hydrogen) atoms. The van der Waals surface area contributed by atoms with Crippen LogP contribution in [0.15, 0.2) is 30.9 Å². The van der Waals surface area contributed by atoms with Crippen molar-refractivity contribution in [2.45, 2.75) is 18.9 Å². The lowest BCUT2D eigenvalue weighted by molar-refractivity contribution is -0.385. The molecule has 2 aromatic rings. The quantitative estimate of drug-likeness (QED) is 0.639. The molecular weight excluding hydrogens is 277 g/mol. The summed E-state index contributed by atoms with van der Waals surface area (Å²) in [6.45, 7) is 1.36. The lowest BCUT2D eigenvalue weighted by Gasteiger charge is -2.33. The highest BCUT2D eigenvalue weighted by Gasteiger charge is 2.23. The van der Waals surface area contributed by atoms with Crippen molar-refractivity contribution in [1.29, 1.82) is 0 Å². The minimum Gasteiger partial charge on any atom is -0.369 e. The smallest absolute Gasteiger partial charge is 0.272 e. The maximum Gasteiger partial charge on any atom is 0.272 e. The first-order chi connectivity index (χ1) is 10.1. The van der Waals surface area contributed by atoms with Gasteiger partial charge in [-0.2, -0.15) is 5.10 Å². The van der Waals surface area contributed by atoms with Gasteiger partial charge in [0, 0.05) is 19.2 Å². The van der Waals surface area contributed by atoms with E-state index in [1.165, 1.54) is 18.5 Å². The molecule has 3 rings (SSSR count). The number of hydrogen-bond acceptors (Lipinski definition) is 5. The Labute approximate surface area is 120 Å². The molecule has 0 N–H and O–H groups in total. The summed E-state index contributed by atoms with van der Waals surface area (Å²) in [4.78, 5) is 15.9. The molecule has 2 heterocycles. The fourth-order valence-electron chi connectivity index (χ4n) is 2.64. The minimum atomic E-state index is -0.593. The van der Waals surface area contributed by atoms with Gasteiger partial charge in [-0.05, 0) is 18.9 Å². The van der Waals surface area contributed by atoms with Crippen molar-refractivity contribution < 1.29 is 9.31 Å². The zero-order chi connectivity index (χ0) is 14.8. The van der Waals surface area contributed by atoms with Gasteiger partial charge < -0.3 is 4.90 Å². The first kappa shape index (κ1) is 13.5. The van der Waals surface area contributed by atoms with Crippen molar-refractivity contribution in [3.63, 3.8) is 0 Å². The number of non-ortho nitro benzene ring substituents is 1. The van der Waals surface area contributed by atoms with Gasteiger partial charge in [0.05, 0.1) is 22.7 Å². The SMILES string of the molecule is O=[N+]([O-])c1ccc(N2CCC(n3cncn3)CC2)c(F)c1. The van der Waals surface area contributed by atoms with Gasteiger partial charge in [0.1, 0.15) is 12.7 Å². The fourth-order valence-corrected chi connectivity index (χ4v) is 2.64. The van der Waals surface area contributed by atoms with Crippen molar-refractivity contribution in [2.24, 2.45) is 0 Å². The molecule has 0 spiro atoms. The zero-order valence-electron chi connectivity index (χ0n) is 11.2. The summed E-state index contributed by atoms with van der Waals surface area (Å²) >= 11 is 0. The van der Waals surface area contributed by atoms with E-state index in [1.54, 1.807) is 6.33 Å². The van der Waals surface area contributed by atoms with Gasteiger partial charge >= 0.3 is 0 Å². The van der Waals surface area contributed by atoms with Crippen LogP contribution in [0.1, 0.15) is 18.9 Å². The first-order valence-electron chi connectivity index (χ1n) is 6.68. The number of aromatic nitrogens is 3. The molecule has 1 aliphatic heterocycles. The molecule has 1 fully saturated rings. The van der Waals surface area contributed by atoms with Gasteiger partial charge in [-0.15, -0.1) is 0 Å². The molecule has 0 aliphatic carbocycles. The van der Waals surface area contributed by atoms with Crippen LogP contribution in [0.25, 0.3) is 0 Å². The number of halogens is 1. The fraction of sp³-hybridized carbons (Fsp3) is 0.385. The maximum atomic E-state index is 14.0. The number of benzene rings is 1. The van der Waals surface area contributed by atoms with Gasteiger partial charge in [0.2, 0.25) is 0 Å². The third-order valence-corrected chi connectivity index (χ3v) is 3.76. The topological polar surface area (TPSA) is 77.1 Å². The van der Waals surface area contributed by atoms with Crippen molar-refractivity contribution in [1.82, 2.24) is 14.8 Å². The number of nitro benzene ring substituents is 1. The van der Waals surface area contributed by atoms with Crippen LogP contribution < -0.4 is 4.90 Å².